The molecule has 0 spiro atoms. The molecule has 3 amide bonds. The molecule has 0 aliphatic carbocycles. The first-order valence-corrected chi connectivity index (χ1v) is 11.9. The van der Waals surface area contributed by atoms with Gasteiger partial charge in [-0.2, -0.15) is 24.4 Å². The highest BCUT2D eigenvalue weighted by atomic mass is 32.2. The van der Waals surface area contributed by atoms with Gasteiger partial charge in [-0.3, -0.25) is 19.2 Å². The first-order valence-electron chi connectivity index (χ1n) is 9.83. The van der Waals surface area contributed by atoms with E-state index in [-0.39, 0.29) is 18.7 Å². The van der Waals surface area contributed by atoms with Crippen LogP contribution >= 0.6 is 24.4 Å². The van der Waals surface area contributed by atoms with Gasteiger partial charge in [-0.25, -0.2) is 4.79 Å². The number of carboxylic acids is 2. The summed E-state index contributed by atoms with van der Waals surface area (Å²) in [6.45, 7) is 0.266. The summed E-state index contributed by atoms with van der Waals surface area (Å²) in [7, 11) is 0. The largest absolute Gasteiger partial charge is 0.481 e. The van der Waals surface area contributed by atoms with Gasteiger partial charge < -0.3 is 31.5 Å². The van der Waals surface area contributed by atoms with Crippen LogP contribution in [0.5, 0.6) is 0 Å². The Balaban J connectivity index is 2.79. The predicted molar refractivity (Wildman–Crippen MR) is 118 cm³/mol. The van der Waals surface area contributed by atoms with E-state index in [4.69, 9.17) is 10.8 Å². The van der Waals surface area contributed by atoms with Crippen LogP contribution < -0.4 is 16.4 Å². The molecule has 0 bridgehead atoms. The van der Waals surface area contributed by atoms with Gasteiger partial charge in [0.15, 0.2) is 0 Å². The van der Waals surface area contributed by atoms with Gasteiger partial charge in [-0.15, -0.1) is 0 Å². The van der Waals surface area contributed by atoms with Crippen LogP contribution in [0.2, 0.25) is 0 Å². The third-order valence-electron chi connectivity index (χ3n) is 4.87. The zero-order valence-electron chi connectivity index (χ0n) is 17.3. The Kier molecular flexibility index (Phi) is 11.7. The molecule has 0 aromatic heterocycles. The molecule has 6 N–H and O–H groups in total. The van der Waals surface area contributed by atoms with Crippen LogP contribution in [-0.4, -0.2) is 93.2 Å². The van der Waals surface area contributed by atoms with Crippen molar-refractivity contribution >= 4 is 54.1 Å². The maximum Gasteiger partial charge on any atom is 0.326 e. The van der Waals surface area contributed by atoms with E-state index in [9.17, 15) is 29.1 Å². The molecular formula is C18H30N4O7S2. The normalized spacial score (nSPS) is 18.7. The zero-order chi connectivity index (χ0) is 23.6. The molecule has 0 aromatic rings. The number of nitrogens with two attached hydrogens (primary N) is 1. The summed E-state index contributed by atoms with van der Waals surface area (Å²) in [5.41, 5.74) is 5.83. The van der Waals surface area contributed by atoms with Gasteiger partial charge in [-0.1, -0.05) is 0 Å². The molecule has 1 aliphatic rings. The Morgan fingerprint density at radius 1 is 1.16 bits per heavy atom. The molecule has 13 heteroatoms. The smallest absolute Gasteiger partial charge is 0.326 e. The molecule has 1 heterocycles. The zero-order valence-corrected chi connectivity index (χ0v) is 19.0. The first-order chi connectivity index (χ1) is 14.6. The number of rotatable bonds is 13. The van der Waals surface area contributed by atoms with Crippen molar-refractivity contribution < 1.29 is 34.2 Å². The van der Waals surface area contributed by atoms with Crippen LogP contribution in [0, 0.1) is 0 Å². The lowest BCUT2D eigenvalue weighted by atomic mass is 10.1. The number of carboxylic acid groups (broad SMARTS) is 2. The van der Waals surface area contributed by atoms with Crippen molar-refractivity contribution in [1.29, 1.82) is 0 Å². The number of carbonyl (C=O) groups excluding carboxylic acids is 3. The summed E-state index contributed by atoms with van der Waals surface area (Å²) in [5, 5.41) is 22.9. The second-order valence-electron chi connectivity index (χ2n) is 7.15. The van der Waals surface area contributed by atoms with Gasteiger partial charge in [0.1, 0.15) is 18.1 Å². The van der Waals surface area contributed by atoms with E-state index < -0.39 is 60.2 Å². The number of likely N-dealkylation sites (tertiary alicyclic amines) is 1. The van der Waals surface area contributed by atoms with Gasteiger partial charge in [0.2, 0.25) is 17.7 Å². The molecule has 1 saturated heterocycles. The number of nitrogens with zero attached hydrogens (tertiary/aromatic N) is 1. The van der Waals surface area contributed by atoms with Crippen molar-refractivity contribution in [3.8, 4) is 0 Å². The molecule has 4 atom stereocenters. The maximum atomic E-state index is 12.9. The minimum absolute atomic E-state index is 0.00101. The number of nitrogens with one attached hydrogen (secondary N) is 2. The second kappa shape index (κ2) is 13.4. The Bertz CT molecular complexity index is 679. The SMILES string of the molecule is CSCCC(N)C(=O)NC(CS)C(=O)N1CCCC1C(=O)NC(CCC(=O)O)C(=O)O. The average molecular weight is 479 g/mol. The molecule has 31 heavy (non-hydrogen) atoms. The number of hydrogen-bond acceptors (Lipinski definition) is 8. The quantitative estimate of drug-likeness (QED) is 0.179. The van der Waals surface area contributed by atoms with Crippen molar-refractivity contribution in [1.82, 2.24) is 15.5 Å². The number of aliphatic carboxylic acids is 2. The lowest BCUT2D eigenvalue weighted by molar-refractivity contribution is -0.145. The lowest BCUT2D eigenvalue weighted by Gasteiger charge is -2.29. The predicted octanol–water partition coefficient (Wildman–Crippen LogP) is -1.09. The summed E-state index contributed by atoms with van der Waals surface area (Å²) < 4.78 is 0. The van der Waals surface area contributed by atoms with E-state index in [1.807, 2.05) is 6.26 Å². The Labute approximate surface area is 190 Å². The van der Waals surface area contributed by atoms with Crippen molar-refractivity contribution in [3.05, 3.63) is 0 Å². The van der Waals surface area contributed by atoms with Crippen molar-refractivity contribution in [2.24, 2.45) is 5.73 Å². The highest BCUT2D eigenvalue weighted by molar-refractivity contribution is 7.98. The highest BCUT2D eigenvalue weighted by Crippen LogP contribution is 2.19. The monoisotopic (exact) mass is 478 g/mol. The fourth-order valence-electron chi connectivity index (χ4n) is 3.14. The van der Waals surface area contributed by atoms with Crippen molar-refractivity contribution in [3.63, 3.8) is 0 Å². The average Bonchev–Trinajstić information content (AvgIpc) is 3.21. The summed E-state index contributed by atoms with van der Waals surface area (Å²) in [6.07, 6.45) is 2.48. The van der Waals surface area contributed by atoms with E-state index >= 15 is 0 Å². The van der Waals surface area contributed by atoms with Gasteiger partial charge in [-0.05, 0) is 37.7 Å². The van der Waals surface area contributed by atoms with E-state index in [2.05, 4.69) is 23.3 Å². The number of amides is 3. The fourth-order valence-corrected chi connectivity index (χ4v) is 3.87. The first kappa shape index (κ1) is 27.0. The van der Waals surface area contributed by atoms with Crippen LogP contribution in [0.1, 0.15) is 32.1 Å². The Hall–Kier alpha value is -1.99. The summed E-state index contributed by atoms with van der Waals surface area (Å²) >= 11 is 5.68. The van der Waals surface area contributed by atoms with Crippen LogP contribution in [0.25, 0.3) is 0 Å². The number of hydrogen-bond donors (Lipinski definition) is 6. The van der Waals surface area contributed by atoms with Gasteiger partial charge in [0, 0.05) is 18.7 Å². The van der Waals surface area contributed by atoms with E-state index in [1.54, 1.807) is 11.8 Å². The molecule has 11 nitrogen and oxygen atoms in total. The Morgan fingerprint density at radius 3 is 2.39 bits per heavy atom. The maximum absolute atomic E-state index is 12.9. The molecule has 1 aliphatic heterocycles. The molecule has 176 valence electrons. The number of thioether (sulfide) groups is 1. The third kappa shape index (κ3) is 8.57. The Morgan fingerprint density at radius 2 is 1.84 bits per heavy atom. The van der Waals surface area contributed by atoms with E-state index in [0.29, 0.717) is 25.0 Å². The third-order valence-corrected chi connectivity index (χ3v) is 5.88. The van der Waals surface area contributed by atoms with Gasteiger partial charge in [0.25, 0.3) is 0 Å². The number of carbonyl (C=O) groups is 5. The fraction of sp³-hybridized carbons (Fsp3) is 0.722. The minimum atomic E-state index is -1.38. The molecule has 0 aromatic carbocycles. The summed E-state index contributed by atoms with van der Waals surface area (Å²) in [5.74, 6) is -3.51. The minimum Gasteiger partial charge on any atom is -0.481 e. The molecule has 4 unspecified atom stereocenters. The van der Waals surface area contributed by atoms with Crippen LogP contribution in [0.4, 0.5) is 0 Å². The molecular weight excluding hydrogens is 448 g/mol. The van der Waals surface area contributed by atoms with Crippen molar-refractivity contribution in [2.45, 2.75) is 56.3 Å². The van der Waals surface area contributed by atoms with Crippen molar-refractivity contribution in [2.75, 3.05) is 24.3 Å². The van der Waals surface area contributed by atoms with Crippen LogP contribution in [0.15, 0.2) is 0 Å². The highest BCUT2D eigenvalue weighted by Gasteiger charge is 2.38. The topological polar surface area (TPSA) is 179 Å². The van der Waals surface area contributed by atoms with Crippen LogP contribution in [0.3, 0.4) is 0 Å². The second-order valence-corrected chi connectivity index (χ2v) is 8.50. The summed E-state index contributed by atoms with van der Waals surface area (Å²) in [4.78, 5) is 61.2. The molecule has 1 rings (SSSR count). The molecule has 1 fully saturated rings. The van der Waals surface area contributed by atoms with Crippen LogP contribution in [-0.2, 0) is 24.0 Å². The lowest BCUT2D eigenvalue weighted by Crippen LogP contribution is -2.57. The van der Waals surface area contributed by atoms with Gasteiger partial charge in [0.05, 0.1) is 6.04 Å². The summed E-state index contributed by atoms with van der Waals surface area (Å²) in [6, 6.07) is -4.04. The molecule has 0 radical (unpaired) electrons. The van der Waals surface area contributed by atoms with E-state index in [1.165, 1.54) is 4.90 Å². The van der Waals surface area contributed by atoms with E-state index in [0.717, 1.165) is 0 Å². The standard InChI is InChI=1S/C18H30N4O7S2/c1-31-8-6-10(19)15(25)21-12(9-30)17(27)22-7-2-3-13(22)16(26)20-11(18(28)29)4-5-14(23)24/h10-13,30H,2-9,19H2,1H3,(H,20,26)(H,21,25)(H,23,24)(H,28,29). The van der Waals surface area contributed by atoms with Gasteiger partial charge >= 0.3 is 11.9 Å². The number of thiol groups is 1. The molecule has 0 saturated carbocycles.